The van der Waals surface area contributed by atoms with Crippen LogP contribution in [0.15, 0.2) is 18.2 Å². The smallest absolute Gasteiger partial charge is 0.262 e. The second-order valence-electron chi connectivity index (χ2n) is 3.33. The molecular weight excluding hydrogens is 194 g/mol. The highest BCUT2D eigenvalue weighted by Gasteiger charge is 2.18. The number of nitrogens with one attached hydrogen (secondary N) is 1. The van der Waals surface area contributed by atoms with Gasteiger partial charge in [0.05, 0.1) is 5.69 Å². The highest BCUT2D eigenvalue weighted by molar-refractivity contribution is 5.96. The lowest BCUT2D eigenvalue weighted by atomic mass is 10.1. The van der Waals surface area contributed by atoms with Crippen molar-refractivity contribution in [1.82, 2.24) is 0 Å². The lowest BCUT2D eigenvalue weighted by Crippen LogP contribution is -2.26. The molecule has 1 N–H and O–H groups in total. The molecule has 15 heavy (non-hydrogen) atoms. The minimum atomic E-state index is -0.152. The van der Waals surface area contributed by atoms with Crippen molar-refractivity contribution < 1.29 is 14.3 Å². The van der Waals surface area contributed by atoms with Crippen LogP contribution in [0.2, 0.25) is 0 Å². The fourth-order valence-electron chi connectivity index (χ4n) is 1.58. The zero-order valence-corrected chi connectivity index (χ0v) is 8.16. The SMILES string of the molecule is O=CCCc1cccc2c1NC(=O)CO2. The van der Waals surface area contributed by atoms with Gasteiger partial charge in [-0.2, -0.15) is 0 Å². The maximum Gasteiger partial charge on any atom is 0.262 e. The molecule has 78 valence electrons. The Morgan fingerprint density at radius 3 is 3.13 bits per heavy atom. The molecule has 0 aliphatic carbocycles. The van der Waals surface area contributed by atoms with Crippen molar-refractivity contribution in [1.29, 1.82) is 0 Å². The predicted molar refractivity (Wildman–Crippen MR) is 55.0 cm³/mol. The van der Waals surface area contributed by atoms with E-state index < -0.39 is 0 Å². The molecule has 1 aliphatic rings. The molecule has 0 bridgehead atoms. The number of amides is 1. The third kappa shape index (κ3) is 1.98. The third-order valence-corrected chi connectivity index (χ3v) is 2.27. The Bertz CT molecular complexity index is 401. The normalized spacial score (nSPS) is 13.7. The van der Waals surface area contributed by atoms with Crippen molar-refractivity contribution in [3.63, 3.8) is 0 Å². The molecule has 0 fully saturated rings. The van der Waals surface area contributed by atoms with Gasteiger partial charge in [0.25, 0.3) is 5.91 Å². The van der Waals surface area contributed by atoms with E-state index in [1.165, 1.54) is 0 Å². The largest absolute Gasteiger partial charge is 0.482 e. The summed E-state index contributed by atoms with van der Waals surface area (Å²) >= 11 is 0. The van der Waals surface area contributed by atoms with Gasteiger partial charge in [-0.3, -0.25) is 4.79 Å². The summed E-state index contributed by atoms with van der Waals surface area (Å²) < 4.78 is 5.26. The summed E-state index contributed by atoms with van der Waals surface area (Å²) in [5.41, 5.74) is 1.64. The zero-order chi connectivity index (χ0) is 10.7. The molecule has 0 radical (unpaired) electrons. The first-order chi connectivity index (χ1) is 7.31. The molecule has 0 saturated heterocycles. The van der Waals surface area contributed by atoms with E-state index in [0.29, 0.717) is 24.3 Å². The molecule has 4 heteroatoms. The van der Waals surface area contributed by atoms with Crippen molar-refractivity contribution in [2.45, 2.75) is 12.8 Å². The third-order valence-electron chi connectivity index (χ3n) is 2.27. The van der Waals surface area contributed by atoms with Gasteiger partial charge in [0.15, 0.2) is 6.61 Å². The van der Waals surface area contributed by atoms with Crippen molar-refractivity contribution in [3.8, 4) is 5.75 Å². The summed E-state index contributed by atoms with van der Waals surface area (Å²) in [5, 5.41) is 2.76. The van der Waals surface area contributed by atoms with E-state index in [-0.39, 0.29) is 12.5 Å². The van der Waals surface area contributed by atoms with E-state index in [1.54, 1.807) is 6.07 Å². The number of carbonyl (C=O) groups is 2. The summed E-state index contributed by atoms with van der Waals surface area (Å²) in [5.74, 6) is 0.527. The zero-order valence-electron chi connectivity index (χ0n) is 8.16. The number of rotatable bonds is 3. The quantitative estimate of drug-likeness (QED) is 0.753. The Hall–Kier alpha value is -1.84. The molecule has 0 aromatic heterocycles. The van der Waals surface area contributed by atoms with Gasteiger partial charge >= 0.3 is 0 Å². The van der Waals surface area contributed by atoms with Crippen molar-refractivity contribution in [2.75, 3.05) is 11.9 Å². The van der Waals surface area contributed by atoms with Crippen LogP contribution < -0.4 is 10.1 Å². The number of aldehydes is 1. The van der Waals surface area contributed by atoms with Crippen molar-refractivity contribution >= 4 is 17.9 Å². The van der Waals surface area contributed by atoms with Gasteiger partial charge in [-0.15, -0.1) is 0 Å². The van der Waals surface area contributed by atoms with E-state index in [2.05, 4.69) is 5.32 Å². The van der Waals surface area contributed by atoms with Crippen LogP contribution in [0.5, 0.6) is 5.75 Å². The molecule has 1 aromatic rings. The summed E-state index contributed by atoms with van der Waals surface area (Å²) in [4.78, 5) is 21.4. The highest BCUT2D eigenvalue weighted by Crippen LogP contribution is 2.31. The molecule has 4 nitrogen and oxygen atoms in total. The number of para-hydroxylation sites is 1. The van der Waals surface area contributed by atoms with E-state index in [1.807, 2.05) is 12.1 Å². The number of hydrogen-bond donors (Lipinski definition) is 1. The first-order valence-electron chi connectivity index (χ1n) is 4.79. The lowest BCUT2D eigenvalue weighted by Gasteiger charge is -2.20. The predicted octanol–water partition coefficient (Wildman–Crippen LogP) is 1.15. The average molecular weight is 205 g/mol. The van der Waals surface area contributed by atoms with Crippen LogP contribution in [0.4, 0.5) is 5.69 Å². The molecule has 1 amide bonds. The van der Waals surface area contributed by atoms with Crippen LogP contribution in [0.1, 0.15) is 12.0 Å². The Labute approximate surface area is 87.2 Å². The number of fused-ring (bicyclic) bond motifs is 1. The first kappa shape index (κ1) is 9.71. The van der Waals surface area contributed by atoms with E-state index >= 15 is 0 Å². The molecule has 0 saturated carbocycles. The maximum absolute atomic E-state index is 11.1. The molecule has 0 atom stereocenters. The molecule has 2 rings (SSSR count). The fourth-order valence-corrected chi connectivity index (χ4v) is 1.58. The minimum absolute atomic E-state index is 0.0597. The number of ether oxygens (including phenoxy) is 1. The van der Waals surface area contributed by atoms with Crippen LogP contribution in [-0.4, -0.2) is 18.8 Å². The van der Waals surface area contributed by atoms with Gasteiger partial charge in [-0.25, -0.2) is 0 Å². The topological polar surface area (TPSA) is 55.4 Å². The van der Waals surface area contributed by atoms with Gasteiger partial charge in [0.1, 0.15) is 12.0 Å². The molecule has 1 aliphatic heterocycles. The number of carbonyl (C=O) groups excluding carboxylic acids is 2. The van der Waals surface area contributed by atoms with Crippen molar-refractivity contribution in [3.05, 3.63) is 23.8 Å². The van der Waals surface area contributed by atoms with Gasteiger partial charge in [-0.1, -0.05) is 12.1 Å². The summed E-state index contributed by atoms with van der Waals surface area (Å²) in [6, 6.07) is 5.55. The van der Waals surface area contributed by atoms with Gasteiger partial charge < -0.3 is 14.8 Å². The van der Waals surface area contributed by atoms with Gasteiger partial charge in [0.2, 0.25) is 0 Å². The maximum atomic E-state index is 11.1. The van der Waals surface area contributed by atoms with Crippen LogP contribution >= 0.6 is 0 Å². The van der Waals surface area contributed by atoms with E-state index in [0.717, 1.165) is 11.8 Å². The second-order valence-corrected chi connectivity index (χ2v) is 3.33. The van der Waals surface area contributed by atoms with Crippen LogP contribution in [-0.2, 0) is 16.0 Å². The standard InChI is InChI=1S/C11H11NO3/c13-6-2-4-8-3-1-5-9-11(8)12-10(14)7-15-9/h1,3,5-6H,2,4,7H2,(H,12,14). The Morgan fingerprint density at radius 1 is 1.47 bits per heavy atom. The van der Waals surface area contributed by atoms with Gasteiger partial charge in [0, 0.05) is 6.42 Å². The van der Waals surface area contributed by atoms with Crippen LogP contribution in [0.3, 0.4) is 0 Å². The molecule has 0 unspecified atom stereocenters. The highest BCUT2D eigenvalue weighted by atomic mass is 16.5. The Morgan fingerprint density at radius 2 is 2.33 bits per heavy atom. The number of hydrogen-bond acceptors (Lipinski definition) is 3. The fraction of sp³-hybridized carbons (Fsp3) is 0.273. The van der Waals surface area contributed by atoms with Crippen LogP contribution in [0, 0.1) is 0 Å². The number of anilines is 1. The number of aryl methyl sites for hydroxylation is 1. The van der Waals surface area contributed by atoms with Crippen molar-refractivity contribution in [2.24, 2.45) is 0 Å². The molecule has 1 aromatic carbocycles. The summed E-state index contributed by atoms with van der Waals surface area (Å²) in [7, 11) is 0. The van der Waals surface area contributed by atoms with Crippen LogP contribution in [0.25, 0.3) is 0 Å². The average Bonchev–Trinajstić information content (AvgIpc) is 2.26. The molecule has 1 heterocycles. The molecular formula is C11H11NO3. The molecule has 0 spiro atoms. The first-order valence-corrected chi connectivity index (χ1v) is 4.79. The summed E-state index contributed by atoms with van der Waals surface area (Å²) in [6.07, 6.45) is 1.94. The van der Waals surface area contributed by atoms with E-state index in [4.69, 9.17) is 4.74 Å². The lowest BCUT2D eigenvalue weighted by molar-refractivity contribution is -0.118. The van der Waals surface area contributed by atoms with Gasteiger partial charge in [-0.05, 0) is 18.1 Å². The Balaban J connectivity index is 2.30. The second kappa shape index (κ2) is 4.13. The minimum Gasteiger partial charge on any atom is -0.482 e. The Kier molecular flexibility index (Phi) is 2.67. The number of benzene rings is 1. The monoisotopic (exact) mass is 205 g/mol. The van der Waals surface area contributed by atoms with E-state index in [9.17, 15) is 9.59 Å². The summed E-state index contributed by atoms with van der Waals surface area (Å²) in [6.45, 7) is 0.0597.